The number of aryl methyl sites for hydroxylation is 2. The van der Waals surface area contributed by atoms with Crippen LogP contribution in [0.5, 0.6) is 5.75 Å². The molecule has 9 heteroatoms. The fourth-order valence-corrected chi connectivity index (χ4v) is 7.19. The first-order valence-electron chi connectivity index (χ1n) is 18.3. The number of benzene rings is 2. The highest BCUT2D eigenvalue weighted by Crippen LogP contribution is 2.40. The smallest absolute Gasteiger partial charge is 0.339 e. The first-order valence-corrected chi connectivity index (χ1v) is 18.3. The van der Waals surface area contributed by atoms with Gasteiger partial charge in [0.05, 0.1) is 35.7 Å². The lowest BCUT2D eigenvalue weighted by Gasteiger charge is -2.41. The third-order valence-electron chi connectivity index (χ3n) is 9.96. The molecule has 9 nitrogen and oxygen atoms in total. The molecule has 1 fully saturated rings. The molecule has 3 aliphatic heterocycles. The van der Waals surface area contributed by atoms with Crippen molar-refractivity contribution in [2.75, 3.05) is 31.7 Å². The maximum atomic E-state index is 13.5. The summed E-state index contributed by atoms with van der Waals surface area (Å²) in [6, 6.07) is 16.9. The summed E-state index contributed by atoms with van der Waals surface area (Å²) in [6.07, 6.45) is 6.30. The van der Waals surface area contributed by atoms with E-state index < -0.39 is 17.7 Å². The van der Waals surface area contributed by atoms with Gasteiger partial charge in [-0.05, 0) is 104 Å². The molecule has 1 saturated heterocycles. The molecule has 0 N–H and O–H groups in total. The van der Waals surface area contributed by atoms with Crippen LogP contribution in [0.4, 0.5) is 5.82 Å². The fourth-order valence-electron chi connectivity index (χ4n) is 7.19. The van der Waals surface area contributed by atoms with E-state index in [0.717, 1.165) is 98.6 Å². The van der Waals surface area contributed by atoms with Crippen LogP contribution in [-0.2, 0) is 19.0 Å². The van der Waals surface area contributed by atoms with Crippen molar-refractivity contribution in [2.24, 2.45) is 0 Å². The number of carbonyl (C=O) groups excluding carboxylic acids is 1. The van der Waals surface area contributed by atoms with Crippen molar-refractivity contribution in [3.05, 3.63) is 65.4 Å². The van der Waals surface area contributed by atoms with Gasteiger partial charge in [-0.2, -0.15) is 9.61 Å². The summed E-state index contributed by atoms with van der Waals surface area (Å²) in [4.78, 5) is 20.8. The quantitative estimate of drug-likeness (QED) is 0.198. The van der Waals surface area contributed by atoms with E-state index in [4.69, 9.17) is 29.0 Å². The maximum absolute atomic E-state index is 13.5. The van der Waals surface area contributed by atoms with Crippen molar-refractivity contribution in [2.45, 2.75) is 117 Å². The van der Waals surface area contributed by atoms with E-state index >= 15 is 0 Å². The fraction of sp³-hybridized carbons (Fsp3) is 0.537. The molecule has 7 rings (SSSR count). The van der Waals surface area contributed by atoms with Crippen LogP contribution in [-0.4, -0.2) is 64.7 Å². The molecule has 268 valence electrons. The SMILES string of the molecule is COC(=O)[C@@H](OC(C)(C)C)c1c(C)nc2cc3nn2c1N1CCC(C)(CC1)OCCCCCC[C@H](C)Oc1ccc(C)cc1-c1cccc-3c1. The van der Waals surface area contributed by atoms with Crippen molar-refractivity contribution < 1.29 is 23.7 Å². The van der Waals surface area contributed by atoms with E-state index in [1.807, 2.05) is 38.3 Å². The highest BCUT2D eigenvalue weighted by Gasteiger charge is 2.38. The molecule has 3 aliphatic rings. The standard InChI is InChI=1S/C41H54N4O5/c1-27-17-18-34-32(24-27)30-15-13-16-31(25-30)33-26-35-42-29(3)36(37(39(46)47-8)50-40(4,5)6)38(45(35)43-33)44-21-19-41(7,20-22-44)48-23-12-10-9-11-14-28(2)49-34/h13,15-18,24-26,28,37H,9-12,14,19-23H2,1-8H3/t28-,37-/m0/s1. The molecular formula is C41H54N4O5. The third-order valence-corrected chi connectivity index (χ3v) is 9.96. The molecule has 0 unspecified atom stereocenters. The highest BCUT2D eigenvalue weighted by atomic mass is 16.6. The first kappa shape index (κ1) is 35.9. The second-order valence-electron chi connectivity index (χ2n) is 15.4. The number of nitrogens with zero attached hydrogens (tertiary/aromatic N) is 4. The summed E-state index contributed by atoms with van der Waals surface area (Å²) in [5.41, 5.74) is 6.32. The Labute approximate surface area is 297 Å². The summed E-state index contributed by atoms with van der Waals surface area (Å²) in [7, 11) is 1.40. The second-order valence-corrected chi connectivity index (χ2v) is 15.4. The molecule has 0 radical (unpaired) electrons. The van der Waals surface area contributed by atoms with Gasteiger partial charge in [-0.25, -0.2) is 9.78 Å². The zero-order valence-corrected chi connectivity index (χ0v) is 31.2. The molecule has 2 atom stereocenters. The number of anilines is 1. The van der Waals surface area contributed by atoms with E-state index in [2.05, 4.69) is 68.1 Å². The summed E-state index contributed by atoms with van der Waals surface area (Å²) in [5, 5.41) is 5.21. The highest BCUT2D eigenvalue weighted by molar-refractivity contribution is 5.81. The Morgan fingerprint density at radius 3 is 2.48 bits per heavy atom. The average molecular weight is 683 g/mol. The number of methoxy groups -OCH3 is 1. The van der Waals surface area contributed by atoms with Crippen molar-refractivity contribution in [3.63, 3.8) is 0 Å². The van der Waals surface area contributed by atoms with Gasteiger partial charge in [0.15, 0.2) is 11.8 Å². The Kier molecular flexibility index (Phi) is 10.6. The van der Waals surface area contributed by atoms with Crippen molar-refractivity contribution in [3.8, 4) is 28.1 Å². The Morgan fingerprint density at radius 1 is 1.00 bits per heavy atom. The Balaban J connectivity index is 1.51. The minimum Gasteiger partial charge on any atom is -0.490 e. The predicted molar refractivity (Wildman–Crippen MR) is 198 cm³/mol. The van der Waals surface area contributed by atoms with Crippen LogP contribution < -0.4 is 9.64 Å². The van der Waals surface area contributed by atoms with Crippen LogP contribution in [0.1, 0.15) is 102 Å². The topological polar surface area (TPSA) is 87.4 Å². The average Bonchev–Trinajstić information content (AvgIpc) is 3.50. The van der Waals surface area contributed by atoms with Gasteiger partial charge in [-0.3, -0.25) is 0 Å². The van der Waals surface area contributed by atoms with Crippen LogP contribution in [0.25, 0.3) is 28.0 Å². The summed E-state index contributed by atoms with van der Waals surface area (Å²) >= 11 is 0. The molecule has 50 heavy (non-hydrogen) atoms. The van der Waals surface area contributed by atoms with E-state index in [9.17, 15) is 4.79 Å². The number of piperidine rings is 1. The van der Waals surface area contributed by atoms with Gasteiger partial charge in [-0.15, -0.1) is 0 Å². The number of aromatic nitrogens is 3. The third kappa shape index (κ3) is 8.00. The van der Waals surface area contributed by atoms with Crippen LogP contribution in [0.3, 0.4) is 0 Å². The van der Waals surface area contributed by atoms with Crippen molar-refractivity contribution in [1.82, 2.24) is 14.6 Å². The van der Waals surface area contributed by atoms with E-state index in [1.165, 1.54) is 12.7 Å². The molecule has 2 aromatic heterocycles. The van der Waals surface area contributed by atoms with Crippen molar-refractivity contribution >= 4 is 17.4 Å². The van der Waals surface area contributed by atoms with Gasteiger partial charge < -0.3 is 23.8 Å². The van der Waals surface area contributed by atoms with Gasteiger partial charge in [0, 0.05) is 42.6 Å². The molecule has 5 heterocycles. The van der Waals surface area contributed by atoms with Crippen molar-refractivity contribution in [1.29, 1.82) is 0 Å². The van der Waals surface area contributed by atoms with E-state index in [0.29, 0.717) is 16.9 Å². The van der Waals surface area contributed by atoms with Crippen LogP contribution in [0, 0.1) is 13.8 Å². The summed E-state index contributed by atoms with van der Waals surface area (Å²) in [6.45, 7) is 16.5. The number of esters is 1. The Bertz CT molecular complexity index is 1820. The number of rotatable bonds is 3. The summed E-state index contributed by atoms with van der Waals surface area (Å²) < 4.78 is 26.8. The van der Waals surface area contributed by atoms with E-state index in [-0.39, 0.29) is 11.7 Å². The maximum Gasteiger partial charge on any atom is 0.339 e. The van der Waals surface area contributed by atoms with Crippen LogP contribution in [0.2, 0.25) is 0 Å². The second kappa shape index (κ2) is 14.7. The van der Waals surface area contributed by atoms with Gasteiger partial charge in [-0.1, -0.05) is 42.7 Å². The zero-order chi connectivity index (χ0) is 35.6. The van der Waals surface area contributed by atoms with Gasteiger partial charge in [0.2, 0.25) is 0 Å². The Hall–Kier alpha value is -3.95. The number of carbonyl (C=O) groups is 1. The largest absolute Gasteiger partial charge is 0.490 e. The van der Waals surface area contributed by atoms with E-state index in [1.54, 1.807) is 0 Å². The normalized spacial score (nSPS) is 21.2. The minimum absolute atomic E-state index is 0.106. The molecule has 2 aromatic carbocycles. The minimum atomic E-state index is -0.979. The van der Waals surface area contributed by atoms with Crippen LogP contribution in [0.15, 0.2) is 48.5 Å². The molecule has 6 bridgehead atoms. The lowest BCUT2D eigenvalue weighted by molar-refractivity contribution is -0.164. The molecule has 0 aliphatic carbocycles. The lowest BCUT2D eigenvalue weighted by atomic mass is 9.92. The number of hydrogen-bond donors (Lipinski definition) is 0. The molecule has 0 amide bonds. The first-order chi connectivity index (χ1) is 23.8. The Morgan fingerprint density at radius 2 is 1.74 bits per heavy atom. The lowest BCUT2D eigenvalue weighted by Crippen LogP contribution is -2.46. The number of fused-ring (bicyclic) bond motifs is 10. The molecule has 4 aromatic rings. The summed E-state index contributed by atoms with van der Waals surface area (Å²) in [5.74, 6) is 1.23. The molecule has 0 spiro atoms. The van der Waals surface area contributed by atoms with Crippen LogP contribution >= 0.6 is 0 Å². The number of ether oxygens (including phenoxy) is 4. The number of hydrogen-bond acceptors (Lipinski definition) is 8. The van der Waals surface area contributed by atoms with Gasteiger partial charge in [0.1, 0.15) is 11.6 Å². The molecule has 0 saturated carbocycles. The monoisotopic (exact) mass is 682 g/mol. The predicted octanol–water partition coefficient (Wildman–Crippen LogP) is 8.82. The van der Waals surface area contributed by atoms with Gasteiger partial charge in [0.25, 0.3) is 0 Å². The molecular weight excluding hydrogens is 628 g/mol. The zero-order valence-electron chi connectivity index (χ0n) is 31.2. The van der Waals surface area contributed by atoms with Gasteiger partial charge >= 0.3 is 5.97 Å².